The van der Waals surface area contributed by atoms with Gasteiger partial charge in [0.05, 0.1) is 0 Å². The molecule has 2 rings (SSSR count). The van der Waals surface area contributed by atoms with Crippen molar-refractivity contribution < 1.29 is 4.79 Å². The third kappa shape index (κ3) is 3.81. The summed E-state index contributed by atoms with van der Waals surface area (Å²) in [6.07, 6.45) is 1.66. The molecule has 5 nitrogen and oxygen atoms in total. The molecule has 1 amide bonds. The van der Waals surface area contributed by atoms with Crippen LogP contribution in [0.1, 0.15) is 29.8 Å². The number of benzene rings is 1. The molecular formula is C17H22N4O. The van der Waals surface area contributed by atoms with Crippen LogP contribution in [0, 0.1) is 12.8 Å². The van der Waals surface area contributed by atoms with Crippen molar-refractivity contribution in [3.63, 3.8) is 0 Å². The van der Waals surface area contributed by atoms with Gasteiger partial charge in [-0.2, -0.15) is 4.98 Å². The van der Waals surface area contributed by atoms with Gasteiger partial charge in [0.1, 0.15) is 5.82 Å². The fourth-order valence-corrected chi connectivity index (χ4v) is 2.09. The van der Waals surface area contributed by atoms with E-state index >= 15 is 0 Å². The molecule has 22 heavy (non-hydrogen) atoms. The molecule has 1 heterocycles. The Hall–Kier alpha value is -2.43. The molecule has 0 bridgehead atoms. The number of nitrogens with one attached hydrogen (secondary N) is 1. The van der Waals surface area contributed by atoms with E-state index in [1.54, 1.807) is 24.2 Å². The summed E-state index contributed by atoms with van der Waals surface area (Å²) in [5, 5.41) is 2.97. The van der Waals surface area contributed by atoms with Gasteiger partial charge in [-0.1, -0.05) is 31.5 Å². The third-order valence-electron chi connectivity index (χ3n) is 3.23. The normalized spacial score (nSPS) is 10.6. The van der Waals surface area contributed by atoms with Crippen LogP contribution in [-0.4, -0.2) is 29.5 Å². The average molecular weight is 298 g/mol. The summed E-state index contributed by atoms with van der Waals surface area (Å²) >= 11 is 0. The van der Waals surface area contributed by atoms with Crippen molar-refractivity contribution in [2.75, 3.05) is 23.8 Å². The maximum absolute atomic E-state index is 12.8. The Kier molecular flexibility index (Phi) is 5.09. The Morgan fingerprint density at radius 3 is 2.50 bits per heavy atom. The monoisotopic (exact) mass is 298 g/mol. The highest BCUT2D eigenvalue weighted by molar-refractivity contribution is 6.05. The lowest BCUT2D eigenvalue weighted by Crippen LogP contribution is -2.35. The van der Waals surface area contributed by atoms with Crippen LogP contribution in [0.4, 0.5) is 11.8 Å². The molecule has 0 unspecified atom stereocenters. The number of carbonyl (C=O) groups excluding carboxylic acids is 1. The Bertz CT molecular complexity index is 637. The Balaban J connectivity index is 2.36. The van der Waals surface area contributed by atoms with Crippen LogP contribution in [0.15, 0.2) is 36.5 Å². The summed E-state index contributed by atoms with van der Waals surface area (Å²) in [6.45, 7) is 6.70. The number of aromatic nitrogens is 2. The molecule has 1 N–H and O–H groups in total. The van der Waals surface area contributed by atoms with Gasteiger partial charge in [0, 0.05) is 25.4 Å². The number of hydrogen-bond acceptors (Lipinski definition) is 4. The SMILES string of the molecule is CNc1ccnc(N(CC(C)C)C(=O)c2ccc(C)cc2)n1. The first-order chi connectivity index (χ1) is 10.5. The van der Waals surface area contributed by atoms with Gasteiger partial charge in [-0.25, -0.2) is 4.98 Å². The second kappa shape index (κ2) is 7.02. The Morgan fingerprint density at radius 1 is 1.23 bits per heavy atom. The minimum absolute atomic E-state index is 0.0815. The van der Waals surface area contributed by atoms with Crippen LogP contribution in [0.25, 0.3) is 0 Å². The lowest BCUT2D eigenvalue weighted by molar-refractivity contribution is 0.0982. The zero-order valence-electron chi connectivity index (χ0n) is 13.5. The Labute approximate surface area is 131 Å². The zero-order valence-corrected chi connectivity index (χ0v) is 13.5. The van der Waals surface area contributed by atoms with Crippen LogP contribution < -0.4 is 10.2 Å². The molecule has 0 saturated heterocycles. The minimum Gasteiger partial charge on any atom is -0.373 e. The van der Waals surface area contributed by atoms with Crippen molar-refractivity contribution in [2.45, 2.75) is 20.8 Å². The smallest absolute Gasteiger partial charge is 0.260 e. The maximum Gasteiger partial charge on any atom is 0.260 e. The van der Waals surface area contributed by atoms with Crippen LogP contribution in [0.5, 0.6) is 0 Å². The first-order valence-corrected chi connectivity index (χ1v) is 7.40. The number of hydrogen-bond donors (Lipinski definition) is 1. The van der Waals surface area contributed by atoms with E-state index in [4.69, 9.17) is 0 Å². The fourth-order valence-electron chi connectivity index (χ4n) is 2.09. The van der Waals surface area contributed by atoms with E-state index in [-0.39, 0.29) is 5.91 Å². The summed E-state index contributed by atoms with van der Waals surface area (Å²) in [6, 6.07) is 9.32. The average Bonchev–Trinajstić information content (AvgIpc) is 2.52. The van der Waals surface area contributed by atoms with Crippen LogP contribution in [0.3, 0.4) is 0 Å². The quantitative estimate of drug-likeness (QED) is 0.921. The minimum atomic E-state index is -0.0815. The fraction of sp³-hybridized carbons (Fsp3) is 0.353. The largest absolute Gasteiger partial charge is 0.373 e. The summed E-state index contributed by atoms with van der Waals surface area (Å²) in [5.41, 5.74) is 1.77. The number of nitrogens with zero attached hydrogens (tertiary/aromatic N) is 3. The molecule has 1 aromatic heterocycles. The van der Waals surface area contributed by atoms with E-state index in [1.165, 1.54) is 0 Å². The van der Waals surface area contributed by atoms with E-state index in [9.17, 15) is 4.79 Å². The maximum atomic E-state index is 12.8. The second-order valence-corrected chi connectivity index (χ2v) is 5.67. The Morgan fingerprint density at radius 2 is 1.91 bits per heavy atom. The zero-order chi connectivity index (χ0) is 16.1. The van der Waals surface area contributed by atoms with Gasteiger partial charge in [0.25, 0.3) is 5.91 Å². The summed E-state index contributed by atoms with van der Waals surface area (Å²) in [7, 11) is 1.79. The summed E-state index contributed by atoms with van der Waals surface area (Å²) in [5.74, 6) is 1.35. The number of amides is 1. The van der Waals surface area contributed by atoms with E-state index in [0.717, 1.165) is 5.56 Å². The van der Waals surface area contributed by atoms with Crippen molar-refractivity contribution in [1.29, 1.82) is 0 Å². The molecule has 0 radical (unpaired) electrons. The number of anilines is 2. The molecule has 5 heteroatoms. The molecule has 0 fully saturated rings. The van der Waals surface area contributed by atoms with Crippen LogP contribution in [0.2, 0.25) is 0 Å². The molecule has 0 atom stereocenters. The highest BCUT2D eigenvalue weighted by atomic mass is 16.2. The van der Waals surface area contributed by atoms with Gasteiger partial charge in [-0.15, -0.1) is 0 Å². The van der Waals surface area contributed by atoms with Gasteiger partial charge in [0.15, 0.2) is 0 Å². The van der Waals surface area contributed by atoms with Gasteiger partial charge in [0.2, 0.25) is 5.95 Å². The predicted octanol–water partition coefficient (Wildman–Crippen LogP) is 3.13. The first-order valence-electron chi connectivity index (χ1n) is 7.40. The van der Waals surface area contributed by atoms with Crippen molar-refractivity contribution in [3.8, 4) is 0 Å². The molecule has 0 aliphatic carbocycles. The first kappa shape index (κ1) is 15.9. The molecule has 1 aromatic carbocycles. The van der Waals surface area contributed by atoms with Crippen molar-refractivity contribution in [1.82, 2.24) is 9.97 Å². The standard InChI is InChI=1S/C17H22N4O/c1-12(2)11-21(17-19-10-9-15(18-4)20-17)16(22)14-7-5-13(3)6-8-14/h5-10,12H,11H2,1-4H3,(H,18,19,20). The van der Waals surface area contributed by atoms with E-state index < -0.39 is 0 Å². The third-order valence-corrected chi connectivity index (χ3v) is 3.23. The summed E-state index contributed by atoms with van der Waals surface area (Å²) in [4.78, 5) is 23.1. The van der Waals surface area contributed by atoms with Gasteiger partial charge in [-0.3, -0.25) is 9.69 Å². The lowest BCUT2D eigenvalue weighted by atomic mass is 10.1. The van der Waals surface area contributed by atoms with E-state index in [0.29, 0.717) is 29.8 Å². The topological polar surface area (TPSA) is 58.1 Å². The predicted molar refractivity (Wildman–Crippen MR) is 89.3 cm³/mol. The van der Waals surface area contributed by atoms with Crippen molar-refractivity contribution >= 4 is 17.7 Å². The summed E-state index contributed by atoms with van der Waals surface area (Å²) < 4.78 is 0. The molecule has 0 aliphatic rings. The van der Waals surface area contributed by atoms with E-state index in [2.05, 4.69) is 29.1 Å². The van der Waals surface area contributed by atoms with Gasteiger partial charge < -0.3 is 5.32 Å². The van der Waals surface area contributed by atoms with E-state index in [1.807, 2.05) is 31.2 Å². The molecular weight excluding hydrogens is 276 g/mol. The molecule has 0 aliphatic heterocycles. The number of carbonyl (C=O) groups is 1. The molecule has 0 spiro atoms. The molecule has 116 valence electrons. The highest BCUT2D eigenvalue weighted by Gasteiger charge is 2.21. The van der Waals surface area contributed by atoms with Gasteiger partial charge in [-0.05, 0) is 31.0 Å². The lowest BCUT2D eigenvalue weighted by Gasteiger charge is -2.23. The van der Waals surface area contributed by atoms with Crippen molar-refractivity contribution in [3.05, 3.63) is 47.7 Å². The van der Waals surface area contributed by atoms with Gasteiger partial charge >= 0.3 is 0 Å². The molecule has 0 saturated carbocycles. The van der Waals surface area contributed by atoms with Crippen molar-refractivity contribution in [2.24, 2.45) is 5.92 Å². The highest BCUT2D eigenvalue weighted by Crippen LogP contribution is 2.16. The second-order valence-electron chi connectivity index (χ2n) is 5.67. The van der Waals surface area contributed by atoms with Crippen LogP contribution >= 0.6 is 0 Å². The van der Waals surface area contributed by atoms with Crippen LogP contribution in [-0.2, 0) is 0 Å². The number of aryl methyl sites for hydroxylation is 1. The number of rotatable bonds is 5. The molecule has 2 aromatic rings.